The molecule has 1 atom stereocenters. The number of para-hydroxylation sites is 1. The van der Waals surface area contributed by atoms with Crippen LogP contribution in [0, 0.1) is 0 Å². The lowest BCUT2D eigenvalue weighted by molar-refractivity contribution is 0.295. The lowest BCUT2D eigenvalue weighted by atomic mass is 10.3. The summed E-state index contributed by atoms with van der Waals surface area (Å²) in [6.45, 7) is 6.43. The second-order valence-corrected chi connectivity index (χ2v) is 4.55. The molecule has 1 aromatic heterocycles. The van der Waals surface area contributed by atoms with Crippen LogP contribution in [0.25, 0.3) is 0 Å². The summed E-state index contributed by atoms with van der Waals surface area (Å²) in [5.74, 6) is 1.76. The molecule has 20 heavy (non-hydrogen) atoms. The van der Waals surface area contributed by atoms with Crippen LogP contribution < -0.4 is 10.1 Å². The van der Waals surface area contributed by atoms with E-state index in [9.17, 15) is 0 Å². The fourth-order valence-electron chi connectivity index (χ4n) is 2.00. The maximum absolute atomic E-state index is 5.65. The second-order valence-electron chi connectivity index (χ2n) is 4.55. The van der Waals surface area contributed by atoms with E-state index in [4.69, 9.17) is 4.74 Å². The summed E-state index contributed by atoms with van der Waals surface area (Å²) in [6.07, 6.45) is 0.867. The van der Waals surface area contributed by atoms with Gasteiger partial charge < -0.3 is 10.1 Å². The number of aromatic nitrogens is 4. The molecule has 0 bridgehead atoms. The van der Waals surface area contributed by atoms with Crippen LogP contribution >= 0.6 is 0 Å². The Bertz CT molecular complexity index is 499. The quantitative estimate of drug-likeness (QED) is 0.744. The molecular formula is C14H21N5O. The molecule has 0 amide bonds. The maximum Gasteiger partial charge on any atom is 0.167 e. The lowest BCUT2D eigenvalue weighted by Gasteiger charge is -2.12. The average molecular weight is 275 g/mol. The van der Waals surface area contributed by atoms with E-state index in [1.54, 1.807) is 0 Å². The molecule has 6 heteroatoms. The minimum atomic E-state index is 0.157. The van der Waals surface area contributed by atoms with Crippen molar-refractivity contribution in [3.05, 3.63) is 36.2 Å². The predicted octanol–water partition coefficient (Wildman–Crippen LogP) is 1.81. The Morgan fingerprint density at radius 3 is 2.85 bits per heavy atom. The molecule has 1 heterocycles. The Morgan fingerprint density at radius 2 is 2.10 bits per heavy atom. The molecule has 0 aliphatic heterocycles. The summed E-state index contributed by atoms with van der Waals surface area (Å²) in [5.41, 5.74) is 0. The number of nitrogens with one attached hydrogen (secondary N) is 1. The van der Waals surface area contributed by atoms with E-state index >= 15 is 0 Å². The number of hydrogen-bond acceptors (Lipinski definition) is 5. The third kappa shape index (κ3) is 4.03. The van der Waals surface area contributed by atoms with Crippen LogP contribution in [-0.4, -0.2) is 33.4 Å². The van der Waals surface area contributed by atoms with Crippen molar-refractivity contribution in [2.45, 2.75) is 32.9 Å². The fourth-order valence-corrected chi connectivity index (χ4v) is 2.00. The van der Waals surface area contributed by atoms with E-state index in [1.807, 2.05) is 35.0 Å². The van der Waals surface area contributed by atoms with E-state index < -0.39 is 0 Å². The molecule has 1 unspecified atom stereocenters. The molecule has 0 fully saturated rings. The topological polar surface area (TPSA) is 64.9 Å². The van der Waals surface area contributed by atoms with Gasteiger partial charge in [0.25, 0.3) is 0 Å². The maximum atomic E-state index is 5.65. The number of nitrogens with zero attached hydrogens (tertiary/aromatic N) is 4. The van der Waals surface area contributed by atoms with Crippen LogP contribution in [0.1, 0.15) is 32.1 Å². The number of ether oxygens (including phenoxy) is 1. The Balaban J connectivity index is 1.78. The van der Waals surface area contributed by atoms with Gasteiger partial charge in [-0.1, -0.05) is 25.1 Å². The van der Waals surface area contributed by atoms with Gasteiger partial charge in [-0.15, -0.1) is 5.10 Å². The summed E-state index contributed by atoms with van der Waals surface area (Å²) in [6, 6.07) is 9.97. The number of hydrogen-bond donors (Lipinski definition) is 1. The zero-order valence-corrected chi connectivity index (χ0v) is 12.0. The van der Waals surface area contributed by atoms with Crippen LogP contribution in [0.5, 0.6) is 5.75 Å². The van der Waals surface area contributed by atoms with E-state index in [2.05, 4.69) is 34.7 Å². The molecule has 0 aliphatic rings. The van der Waals surface area contributed by atoms with Crippen molar-refractivity contribution in [2.75, 3.05) is 13.2 Å². The summed E-state index contributed by atoms with van der Waals surface area (Å²) >= 11 is 0. The highest BCUT2D eigenvalue weighted by atomic mass is 16.5. The SMILES string of the molecule is CCNC(C)c1nnnn1CCCOc1ccccc1. The van der Waals surface area contributed by atoms with Crippen LogP contribution in [-0.2, 0) is 6.54 Å². The summed E-state index contributed by atoms with van der Waals surface area (Å²) in [7, 11) is 0. The van der Waals surface area contributed by atoms with Crippen molar-refractivity contribution in [3.63, 3.8) is 0 Å². The Labute approximate surface area is 119 Å². The number of rotatable bonds is 8. The molecule has 0 saturated heterocycles. The molecule has 2 aromatic rings. The second kappa shape index (κ2) is 7.59. The smallest absolute Gasteiger partial charge is 0.167 e. The Hall–Kier alpha value is -1.95. The number of benzene rings is 1. The molecule has 1 aromatic carbocycles. The summed E-state index contributed by atoms with van der Waals surface area (Å²) in [5, 5.41) is 15.1. The largest absolute Gasteiger partial charge is 0.494 e. The van der Waals surface area contributed by atoms with E-state index in [1.165, 1.54) is 0 Å². The van der Waals surface area contributed by atoms with E-state index in [0.717, 1.165) is 31.1 Å². The van der Waals surface area contributed by atoms with Gasteiger partial charge in [0.1, 0.15) is 5.75 Å². The van der Waals surface area contributed by atoms with Gasteiger partial charge in [0.2, 0.25) is 0 Å². The average Bonchev–Trinajstić information content (AvgIpc) is 2.93. The normalized spacial score (nSPS) is 12.3. The van der Waals surface area contributed by atoms with Crippen molar-refractivity contribution >= 4 is 0 Å². The third-order valence-electron chi connectivity index (χ3n) is 2.98. The zero-order chi connectivity index (χ0) is 14.2. The first-order valence-electron chi connectivity index (χ1n) is 6.98. The molecule has 108 valence electrons. The highest BCUT2D eigenvalue weighted by Gasteiger charge is 2.12. The van der Waals surface area contributed by atoms with Crippen LogP contribution in [0.4, 0.5) is 0 Å². The van der Waals surface area contributed by atoms with Crippen molar-refractivity contribution in [1.82, 2.24) is 25.5 Å². The highest BCUT2D eigenvalue weighted by Crippen LogP contribution is 2.10. The highest BCUT2D eigenvalue weighted by molar-refractivity contribution is 5.20. The Kier molecular flexibility index (Phi) is 5.49. The zero-order valence-electron chi connectivity index (χ0n) is 12.0. The molecular weight excluding hydrogens is 254 g/mol. The van der Waals surface area contributed by atoms with Gasteiger partial charge in [0.05, 0.1) is 12.6 Å². The molecule has 0 radical (unpaired) electrons. The third-order valence-corrected chi connectivity index (χ3v) is 2.98. The Morgan fingerprint density at radius 1 is 1.30 bits per heavy atom. The van der Waals surface area contributed by atoms with Gasteiger partial charge in [-0.25, -0.2) is 4.68 Å². The van der Waals surface area contributed by atoms with Gasteiger partial charge in [-0.3, -0.25) is 0 Å². The monoisotopic (exact) mass is 275 g/mol. The molecule has 0 saturated carbocycles. The molecule has 1 N–H and O–H groups in total. The number of tetrazole rings is 1. The van der Waals surface area contributed by atoms with Gasteiger partial charge in [0.15, 0.2) is 5.82 Å². The summed E-state index contributed by atoms with van der Waals surface area (Å²) in [4.78, 5) is 0. The molecule has 0 spiro atoms. The molecule has 0 aliphatic carbocycles. The predicted molar refractivity (Wildman–Crippen MR) is 76.5 cm³/mol. The van der Waals surface area contributed by atoms with E-state index in [0.29, 0.717) is 6.61 Å². The van der Waals surface area contributed by atoms with Crippen LogP contribution in [0.15, 0.2) is 30.3 Å². The van der Waals surface area contributed by atoms with Gasteiger partial charge in [-0.2, -0.15) is 0 Å². The van der Waals surface area contributed by atoms with Crippen LogP contribution in [0.2, 0.25) is 0 Å². The standard InChI is InChI=1S/C14H21N5O/c1-3-15-12(2)14-16-17-18-19(14)10-7-11-20-13-8-5-4-6-9-13/h4-6,8-9,12,15H,3,7,10-11H2,1-2H3. The van der Waals surface area contributed by atoms with Crippen molar-refractivity contribution < 1.29 is 4.74 Å². The van der Waals surface area contributed by atoms with Crippen molar-refractivity contribution in [1.29, 1.82) is 0 Å². The number of aryl methyl sites for hydroxylation is 1. The fraction of sp³-hybridized carbons (Fsp3) is 0.500. The van der Waals surface area contributed by atoms with Gasteiger partial charge >= 0.3 is 0 Å². The summed E-state index contributed by atoms with van der Waals surface area (Å²) < 4.78 is 7.49. The van der Waals surface area contributed by atoms with Crippen LogP contribution in [0.3, 0.4) is 0 Å². The molecule has 6 nitrogen and oxygen atoms in total. The van der Waals surface area contributed by atoms with Crippen molar-refractivity contribution in [3.8, 4) is 5.75 Å². The van der Waals surface area contributed by atoms with Crippen molar-refractivity contribution in [2.24, 2.45) is 0 Å². The van der Waals surface area contributed by atoms with Gasteiger partial charge in [-0.05, 0) is 36.0 Å². The first kappa shape index (κ1) is 14.5. The van der Waals surface area contributed by atoms with Gasteiger partial charge in [0, 0.05) is 13.0 Å². The lowest BCUT2D eigenvalue weighted by Crippen LogP contribution is -2.22. The minimum absolute atomic E-state index is 0.157. The first-order chi connectivity index (χ1) is 9.81. The minimum Gasteiger partial charge on any atom is -0.494 e. The molecule has 2 rings (SSSR count). The first-order valence-corrected chi connectivity index (χ1v) is 6.98. The van der Waals surface area contributed by atoms with E-state index in [-0.39, 0.29) is 6.04 Å².